The molecule has 6 heteroatoms. The number of nitrogens with one attached hydrogen (secondary N) is 2. The molecule has 0 aliphatic carbocycles. The van der Waals surface area contributed by atoms with Crippen molar-refractivity contribution in [3.05, 3.63) is 24.3 Å². The molecule has 1 atom stereocenters. The van der Waals surface area contributed by atoms with Crippen LogP contribution in [0.5, 0.6) is 0 Å². The summed E-state index contributed by atoms with van der Waals surface area (Å²) in [6, 6.07) is 6.51. The first-order chi connectivity index (χ1) is 9.66. The molecule has 0 amide bonds. The van der Waals surface area contributed by atoms with Crippen molar-refractivity contribution < 1.29 is 13.5 Å². The first-order valence-corrected chi connectivity index (χ1v) is 8.70. The minimum atomic E-state index is -3.41. The second-order valence-corrected chi connectivity index (χ2v) is 7.74. The highest BCUT2D eigenvalue weighted by Crippen LogP contribution is 2.19. The maximum Gasteiger partial charge on any atom is 0.240 e. The highest BCUT2D eigenvalue weighted by molar-refractivity contribution is 7.89. The smallest absolute Gasteiger partial charge is 0.240 e. The van der Waals surface area contributed by atoms with Crippen molar-refractivity contribution in [2.45, 2.75) is 44.6 Å². The van der Waals surface area contributed by atoms with E-state index in [1.165, 1.54) is 0 Å². The van der Waals surface area contributed by atoms with Crippen molar-refractivity contribution in [3.8, 4) is 0 Å². The average molecular weight is 314 g/mol. The molecule has 0 aliphatic heterocycles. The van der Waals surface area contributed by atoms with Crippen LogP contribution in [0.2, 0.25) is 0 Å². The van der Waals surface area contributed by atoms with Gasteiger partial charge in [0, 0.05) is 18.8 Å². The average Bonchev–Trinajstić information content (AvgIpc) is 2.35. The van der Waals surface area contributed by atoms with Gasteiger partial charge in [-0.05, 0) is 43.5 Å². The molecule has 1 unspecified atom stereocenters. The fraction of sp³-hybridized carbons (Fsp3) is 0.600. The standard InChI is InChI=1S/C15H26N2O3S/c1-5-17-21(19,20)14-8-6-13(7-9-14)16-11-15(4,18)10-12(2)3/h6-9,12,16-18H,5,10-11H2,1-4H3. The summed E-state index contributed by atoms with van der Waals surface area (Å²) in [4.78, 5) is 0.240. The van der Waals surface area contributed by atoms with Crippen molar-refractivity contribution in [3.63, 3.8) is 0 Å². The van der Waals surface area contributed by atoms with E-state index in [0.717, 1.165) is 5.69 Å². The van der Waals surface area contributed by atoms with Crippen LogP contribution in [-0.2, 0) is 10.0 Å². The Balaban J connectivity index is 2.68. The van der Waals surface area contributed by atoms with Crippen LogP contribution in [-0.4, -0.2) is 32.2 Å². The summed E-state index contributed by atoms with van der Waals surface area (Å²) in [6.07, 6.45) is 0.701. The van der Waals surface area contributed by atoms with Crippen LogP contribution in [0.25, 0.3) is 0 Å². The Labute approximate surface area is 127 Å². The molecule has 0 bridgehead atoms. The molecule has 0 spiro atoms. The second kappa shape index (κ2) is 7.24. The summed E-state index contributed by atoms with van der Waals surface area (Å²) in [5.74, 6) is 0.412. The Bertz CT molecular complexity index is 537. The molecule has 1 aromatic rings. The van der Waals surface area contributed by atoms with E-state index in [-0.39, 0.29) is 4.90 Å². The zero-order valence-electron chi connectivity index (χ0n) is 13.2. The van der Waals surface area contributed by atoms with E-state index in [0.29, 0.717) is 25.4 Å². The number of anilines is 1. The van der Waals surface area contributed by atoms with Crippen LogP contribution in [0.3, 0.4) is 0 Å². The van der Waals surface area contributed by atoms with E-state index >= 15 is 0 Å². The molecule has 0 aliphatic rings. The van der Waals surface area contributed by atoms with E-state index < -0.39 is 15.6 Å². The number of hydrogen-bond acceptors (Lipinski definition) is 4. The Morgan fingerprint density at radius 3 is 2.29 bits per heavy atom. The molecule has 0 aromatic heterocycles. The van der Waals surface area contributed by atoms with E-state index in [1.54, 1.807) is 38.1 Å². The zero-order valence-corrected chi connectivity index (χ0v) is 14.0. The Kier molecular flexibility index (Phi) is 6.19. The number of hydrogen-bond donors (Lipinski definition) is 3. The third kappa shape index (κ3) is 6.03. The van der Waals surface area contributed by atoms with Crippen molar-refractivity contribution in [2.24, 2.45) is 5.92 Å². The maximum absolute atomic E-state index is 11.8. The third-order valence-corrected chi connectivity index (χ3v) is 4.58. The molecule has 0 saturated heterocycles. The Hall–Kier alpha value is -1.11. The van der Waals surface area contributed by atoms with Crippen molar-refractivity contribution in [2.75, 3.05) is 18.4 Å². The third-order valence-electron chi connectivity index (χ3n) is 3.02. The van der Waals surface area contributed by atoms with E-state index in [4.69, 9.17) is 0 Å². The predicted molar refractivity (Wildman–Crippen MR) is 85.9 cm³/mol. The van der Waals surface area contributed by atoms with Gasteiger partial charge in [0.05, 0.1) is 10.5 Å². The van der Waals surface area contributed by atoms with E-state index in [9.17, 15) is 13.5 Å². The number of aliphatic hydroxyl groups is 1. The highest BCUT2D eigenvalue weighted by Gasteiger charge is 2.21. The molecule has 3 N–H and O–H groups in total. The van der Waals surface area contributed by atoms with Gasteiger partial charge in [-0.3, -0.25) is 0 Å². The van der Waals surface area contributed by atoms with Crippen LogP contribution in [0.15, 0.2) is 29.2 Å². The summed E-state index contributed by atoms with van der Waals surface area (Å²) < 4.78 is 26.1. The van der Waals surface area contributed by atoms with Crippen molar-refractivity contribution in [1.82, 2.24) is 4.72 Å². The van der Waals surface area contributed by atoms with Crippen LogP contribution in [0.4, 0.5) is 5.69 Å². The van der Waals surface area contributed by atoms with Crippen molar-refractivity contribution >= 4 is 15.7 Å². The fourth-order valence-corrected chi connectivity index (χ4v) is 3.31. The highest BCUT2D eigenvalue weighted by atomic mass is 32.2. The van der Waals surface area contributed by atoms with Crippen molar-refractivity contribution in [1.29, 1.82) is 0 Å². The van der Waals surface area contributed by atoms with Crippen LogP contribution in [0, 0.1) is 5.92 Å². The first-order valence-electron chi connectivity index (χ1n) is 7.22. The largest absolute Gasteiger partial charge is 0.388 e. The zero-order chi connectivity index (χ0) is 16.1. The molecule has 1 aromatic carbocycles. The Morgan fingerprint density at radius 2 is 1.81 bits per heavy atom. The normalized spacial score (nSPS) is 15.0. The molecule has 5 nitrogen and oxygen atoms in total. The lowest BCUT2D eigenvalue weighted by atomic mass is 9.94. The molecular formula is C15H26N2O3S. The fourth-order valence-electron chi connectivity index (χ4n) is 2.27. The maximum atomic E-state index is 11.8. The van der Waals surface area contributed by atoms with Gasteiger partial charge in [0.25, 0.3) is 0 Å². The minimum Gasteiger partial charge on any atom is -0.388 e. The predicted octanol–water partition coefficient (Wildman–Crippen LogP) is 2.19. The summed E-state index contributed by atoms with van der Waals surface area (Å²) in [6.45, 7) is 8.45. The van der Waals surface area contributed by atoms with Crippen LogP contribution < -0.4 is 10.0 Å². The van der Waals surface area contributed by atoms with Gasteiger partial charge >= 0.3 is 0 Å². The first kappa shape index (κ1) is 17.9. The molecule has 0 heterocycles. The molecule has 120 valence electrons. The SMILES string of the molecule is CCNS(=O)(=O)c1ccc(NCC(C)(O)CC(C)C)cc1. The minimum absolute atomic E-state index is 0.240. The van der Waals surface area contributed by atoms with Gasteiger partial charge < -0.3 is 10.4 Å². The summed E-state index contributed by atoms with van der Waals surface area (Å²) in [7, 11) is -3.41. The van der Waals surface area contributed by atoms with Gasteiger partial charge in [-0.2, -0.15) is 0 Å². The molecule has 0 radical (unpaired) electrons. The molecule has 0 fully saturated rings. The number of benzene rings is 1. The summed E-state index contributed by atoms with van der Waals surface area (Å²) in [5.41, 5.74) is -0.00245. The molecule has 0 saturated carbocycles. The molecule has 21 heavy (non-hydrogen) atoms. The molecular weight excluding hydrogens is 288 g/mol. The monoisotopic (exact) mass is 314 g/mol. The van der Waals surface area contributed by atoms with Gasteiger partial charge in [-0.15, -0.1) is 0 Å². The lowest BCUT2D eigenvalue weighted by molar-refractivity contribution is 0.0515. The summed E-state index contributed by atoms with van der Waals surface area (Å²) >= 11 is 0. The second-order valence-electron chi connectivity index (χ2n) is 5.97. The lowest BCUT2D eigenvalue weighted by Crippen LogP contribution is -2.34. The number of rotatable bonds is 8. The topological polar surface area (TPSA) is 78.4 Å². The number of sulfonamides is 1. The van der Waals surface area contributed by atoms with Crippen LogP contribution in [0.1, 0.15) is 34.1 Å². The quantitative estimate of drug-likeness (QED) is 0.687. The summed E-state index contributed by atoms with van der Waals surface area (Å²) in [5, 5.41) is 13.4. The van der Waals surface area contributed by atoms with Gasteiger partial charge in [0.15, 0.2) is 0 Å². The van der Waals surface area contributed by atoms with Crippen LogP contribution >= 0.6 is 0 Å². The van der Waals surface area contributed by atoms with E-state index in [2.05, 4.69) is 23.9 Å². The Morgan fingerprint density at radius 1 is 1.24 bits per heavy atom. The van der Waals surface area contributed by atoms with Gasteiger partial charge in [0.1, 0.15) is 0 Å². The van der Waals surface area contributed by atoms with Gasteiger partial charge in [0.2, 0.25) is 10.0 Å². The molecule has 1 rings (SSSR count). The van der Waals surface area contributed by atoms with Gasteiger partial charge in [-0.25, -0.2) is 13.1 Å². The van der Waals surface area contributed by atoms with E-state index in [1.807, 2.05) is 0 Å². The lowest BCUT2D eigenvalue weighted by Gasteiger charge is -2.26. The van der Waals surface area contributed by atoms with Gasteiger partial charge in [-0.1, -0.05) is 20.8 Å².